The minimum Gasteiger partial charge on any atom is -0.213 e. The van der Waals surface area contributed by atoms with Crippen molar-refractivity contribution >= 4 is 43.6 Å². The van der Waals surface area contributed by atoms with Crippen LogP contribution in [0.2, 0.25) is 0 Å². The standard InChI is InChI=1S/C32H20N6/c1-3-9-25-19-31-29(17-23(25)7-1)33-35-37(31)27-13-5-11-21(15-27)22-12-6-14-28(16-22)38-32-20-26-10-4-2-8-24(26)18-30(32)34-36-38/h1-20H. The fraction of sp³-hybridized carbons (Fsp3) is 0. The van der Waals surface area contributed by atoms with Crippen LogP contribution in [-0.4, -0.2) is 30.0 Å². The van der Waals surface area contributed by atoms with Gasteiger partial charge in [0.25, 0.3) is 0 Å². The number of hydrogen-bond acceptors (Lipinski definition) is 4. The Labute approximate surface area is 217 Å². The minimum atomic E-state index is 0.877. The molecule has 0 atom stereocenters. The Balaban J connectivity index is 1.22. The lowest BCUT2D eigenvalue weighted by Crippen LogP contribution is -1.98. The quantitative estimate of drug-likeness (QED) is 0.265. The summed E-state index contributed by atoms with van der Waals surface area (Å²) in [7, 11) is 0. The van der Waals surface area contributed by atoms with Crippen LogP contribution in [0.3, 0.4) is 0 Å². The molecule has 6 aromatic carbocycles. The number of rotatable bonds is 3. The monoisotopic (exact) mass is 488 g/mol. The highest BCUT2D eigenvalue weighted by molar-refractivity contribution is 5.96. The lowest BCUT2D eigenvalue weighted by Gasteiger charge is -2.09. The van der Waals surface area contributed by atoms with Crippen LogP contribution in [0.4, 0.5) is 0 Å². The van der Waals surface area contributed by atoms with E-state index in [2.05, 4.69) is 130 Å². The van der Waals surface area contributed by atoms with Gasteiger partial charge in [-0.2, -0.15) is 0 Å². The van der Waals surface area contributed by atoms with Gasteiger partial charge in [-0.25, -0.2) is 9.36 Å². The molecule has 0 aliphatic carbocycles. The van der Waals surface area contributed by atoms with Gasteiger partial charge in [-0.1, -0.05) is 83.2 Å². The smallest absolute Gasteiger partial charge is 0.114 e. The highest BCUT2D eigenvalue weighted by atomic mass is 15.4. The summed E-state index contributed by atoms with van der Waals surface area (Å²) in [4.78, 5) is 0. The number of aromatic nitrogens is 6. The summed E-state index contributed by atoms with van der Waals surface area (Å²) in [5, 5.41) is 22.5. The van der Waals surface area contributed by atoms with Crippen molar-refractivity contribution in [2.75, 3.05) is 0 Å². The average molecular weight is 489 g/mol. The summed E-state index contributed by atoms with van der Waals surface area (Å²) < 4.78 is 3.82. The van der Waals surface area contributed by atoms with E-state index in [0.29, 0.717) is 0 Å². The fourth-order valence-electron chi connectivity index (χ4n) is 5.23. The van der Waals surface area contributed by atoms with Crippen molar-refractivity contribution in [3.05, 3.63) is 121 Å². The molecule has 8 aromatic rings. The average Bonchev–Trinajstić information content (AvgIpc) is 3.58. The molecule has 0 amide bonds. The minimum absolute atomic E-state index is 0.877. The van der Waals surface area contributed by atoms with Crippen molar-refractivity contribution in [2.24, 2.45) is 0 Å². The molecule has 2 aromatic heterocycles. The summed E-state index contributed by atoms with van der Waals surface area (Å²) in [6.07, 6.45) is 0. The molecule has 6 heteroatoms. The number of benzene rings is 6. The van der Waals surface area contributed by atoms with E-state index < -0.39 is 0 Å². The highest BCUT2D eigenvalue weighted by Gasteiger charge is 2.12. The Morgan fingerprint density at radius 1 is 0.395 bits per heavy atom. The predicted octanol–water partition coefficient (Wildman–Crippen LogP) is 7.13. The molecule has 6 nitrogen and oxygen atoms in total. The third kappa shape index (κ3) is 3.28. The van der Waals surface area contributed by atoms with E-state index in [1.807, 2.05) is 21.5 Å². The number of fused-ring (bicyclic) bond motifs is 4. The van der Waals surface area contributed by atoms with Crippen molar-refractivity contribution < 1.29 is 0 Å². The van der Waals surface area contributed by atoms with Crippen LogP contribution in [-0.2, 0) is 0 Å². The Morgan fingerprint density at radius 2 is 0.816 bits per heavy atom. The van der Waals surface area contributed by atoms with Gasteiger partial charge in [0.1, 0.15) is 11.0 Å². The first-order valence-electron chi connectivity index (χ1n) is 12.5. The van der Waals surface area contributed by atoms with Gasteiger partial charge in [-0.15, -0.1) is 10.2 Å². The highest BCUT2D eigenvalue weighted by Crippen LogP contribution is 2.29. The fourth-order valence-corrected chi connectivity index (χ4v) is 5.23. The lowest BCUT2D eigenvalue weighted by atomic mass is 10.0. The first kappa shape index (κ1) is 20.8. The molecular formula is C32H20N6. The maximum absolute atomic E-state index is 4.48. The molecule has 0 spiro atoms. The zero-order valence-corrected chi connectivity index (χ0v) is 20.2. The summed E-state index contributed by atoms with van der Waals surface area (Å²) >= 11 is 0. The first-order chi connectivity index (χ1) is 18.8. The topological polar surface area (TPSA) is 61.4 Å². The second kappa shape index (κ2) is 8.08. The van der Waals surface area contributed by atoms with Gasteiger partial charge in [0.05, 0.1) is 22.4 Å². The first-order valence-corrected chi connectivity index (χ1v) is 12.5. The zero-order chi connectivity index (χ0) is 25.1. The SMILES string of the molecule is c1cc(-c2cccc(-n3nnc4cc5ccccc5cc43)c2)cc(-n2nnc3cc4ccccc4cc32)c1. The van der Waals surface area contributed by atoms with E-state index in [1.165, 1.54) is 10.8 Å². The van der Waals surface area contributed by atoms with Crippen molar-refractivity contribution in [1.82, 2.24) is 30.0 Å². The third-order valence-corrected chi connectivity index (χ3v) is 7.14. The van der Waals surface area contributed by atoms with Crippen LogP contribution in [0.1, 0.15) is 0 Å². The van der Waals surface area contributed by atoms with Crippen LogP contribution >= 0.6 is 0 Å². The van der Waals surface area contributed by atoms with Crippen molar-refractivity contribution in [1.29, 1.82) is 0 Å². The molecule has 0 saturated heterocycles. The van der Waals surface area contributed by atoms with Crippen LogP contribution in [0.15, 0.2) is 121 Å². The van der Waals surface area contributed by atoms with E-state index in [1.54, 1.807) is 0 Å². The molecular weight excluding hydrogens is 468 g/mol. The summed E-state index contributed by atoms with van der Waals surface area (Å²) in [5.74, 6) is 0. The normalized spacial score (nSPS) is 11.7. The summed E-state index contributed by atoms with van der Waals surface area (Å²) in [5.41, 5.74) is 7.81. The predicted molar refractivity (Wildman–Crippen MR) is 152 cm³/mol. The molecule has 0 N–H and O–H groups in total. The van der Waals surface area contributed by atoms with Gasteiger partial charge in [0, 0.05) is 0 Å². The van der Waals surface area contributed by atoms with Crippen LogP contribution < -0.4 is 0 Å². The Morgan fingerprint density at radius 3 is 1.26 bits per heavy atom. The second-order valence-corrected chi connectivity index (χ2v) is 9.48. The second-order valence-electron chi connectivity index (χ2n) is 9.48. The molecule has 38 heavy (non-hydrogen) atoms. The molecule has 0 radical (unpaired) electrons. The van der Waals surface area contributed by atoms with Crippen molar-refractivity contribution in [2.45, 2.75) is 0 Å². The summed E-state index contributed by atoms with van der Waals surface area (Å²) in [6.45, 7) is 0. The molecule has 0 aliphatic heterocycles. The maximum atomic E-state index is 4.48. The van der Waals surface area contributed by atoms with Crippen LogP contribution in [0, 0.1) is 0 Å². The number of hydrogen-bond donors (Lipinski definition) is 0. The van der Waals surface area contributed by atoms with E-state index in [4.69, 9.17) is 0 Å². The molecule has 0 saturated carbocycles. The molecule has 0 aliphatic rings. The molecule has 2 heterocycles. The van der Waals surface area contributed by atoms with Crippen molar-refractivity contribution in [3.63, 3.8) is 0 Å². The van der Waals surface area contributed by atoms with Crippen molar-refractivity contribution in [3.8, 4) is 22.5 Å². The van der Waals surface area contributed by atoms with Gasteiger partial charge in [0.2, 0.25) is 0 Å². The van der Waals surface area contributed by atoms with E-state index in [-0.39, 0.29) is 0 Å². The van der Waals surface area contributed by atoms with Gasteiger partial charge in [-0.05, 0) is 81.2 Å². The largest absolute Gasteiger partial charge is 0.213 e. The molecule has 8 rings (SSSR count). The molecule has 0 fully saturated rings. The van der Waals surface area contributed by atoms with Gasteiger partial charge >= 0.3 is 0 Å². The van der Waals surface area contributed by atoms with Gasteiger partial charge < -0.3 is 0 Å². The number of nitrogens with zero attached hydrogens (tertiary/aromatic N) is 6. The third-order valence-electron chi connectivity index (χ3n) is 7.14. The molecule has 0 bridgehead atoms. The lowest BCUT2D eigenvalue weighted by molar-refractivity contribution is 0.823. The van der Waals surface area contributed by atoms with Crippen LogP contribution in [0.5, 0.6) is 0 Å². The Hall–Kier alpha value is -5.36. The summed E-state index contributed by atoms with van der Waals surface area (Å²) in [6, 6.07) is 41.9. The van der Waals surface area contributed by atoms with E-state index >= 15 is 0 Å². The molecule has 178 valence electrons. The Bertz CT molecular complexity index is 2000. The van der Waals surface area contributed by atoms with Gasteiger partial charge in [0.15, 0.2) is 0 Å². The van der Waals surface area contributed by atoms with Gasteiger partial charge in [-0.3, -0.25) is 0 Å². The van der Waals surface area contributed by atoms with Crippen LogP contribution in [0.25, 0.3) is 66.1 Å². The van der Waals surface area contributed by atoms with E-state index in [9.17, 15) is 0 Å². The molecule has 0 unspecified atom stereocenters. The zero-order valence-electron chi connectivity index (χ0n) is 20.2. The van der Waals surface area contributed by atoms with E-state index in [0.717, 1.165) is 55.3 Å². The maximum Gasteiger partial charge on any atom is 0.114 e. The Kier molecular flexibility index (Phi) is 4.42.